The van der Waals surface area contributed by atoms with Crippen molar-refractivity contribution in [3.05, 3.63) is 47.0 Å². The predicted molar refractivity (Wildman–Crippen MR) is 69.4 cm³/mol. The maximum atomic E-state index is 10.0. The van der Waals surface area contributed by atoms with Gasteiger partial charge in [0.25, 0.3) is 0 Å². The van der Waals surface area contributed by atoms with Crippen LogP contribution in [0.4, 0.5) is 0 Å². The third kappa shape index (κ3) is 1.98. The third-order valence-electron chi connectivity index (χ3n) is 2.97. The number of phenolic OH excluding ortho intramolecular Hbond substituents is 2. The zero-order valence-electron chi connectivity index (χ0n) is 10.3. The van der Waals surface area contributed by atoms with Crippen molar-refractivity contribution in [3.8, 4) is 22.6 Å². The van der Waals surface area contributed by atoms with Crippen LogP contribution >= 0.6 is 0 Å². The summed E-state index contributed by atoms with van der Waals surface area (Å²) in [7, 11) is 0. The van der Waals surface area contributed by atoms with E-state index in [0.717, 1.165) is 22.3 Å². The first kappa shape index (κ1) is 11.5. The predicted octanol–water partition coefficient (Wildman–Crippen LogP) is 3.69. The van der Waals surface area contributed by atoms with Crippen LogP contribution in [0.1, 0.15) is 16.7 Å². The average molecular weight is 228 g/mol. The molecule has 0 aliphatic carbocycles. The molecule has 17 heavy (non-hydrogen) atoms. The van der Waals surface area contributed by atoms with Crippen LogP contribution in [0.2, 0.25) is 0 Å². The Hall–Kier alpha value is -1.96. The second-order valence-electron chi connectivity index (χ2n) is 4.44. The molecule has 0 spiro atoms. The molecule has 2 nitrogen and oxygen atoms in total. The molecular formula is C15H16O2. The molecule has 0 aliphatic heterocycles. The Kier molecular flexibility index (Phi) is 2.80. The highest BCUT2D eigenvalue weighted by atomic mass is 16.3. The van der Waals surface area contributed by atoms with E-state index in [4.69, 9.17) is 0 Å². The topological polar surface area (TPSA) is 40.5 Å². The maximum absolute atomic E-state index is 10.0. The molecule has 0 fully saturated rings. The zero-order valence-corrected chi connectivity index (χ0v) is 10.3. The Morgan fingerprint density at radius 1 is 0.765 bits per heavy atom. The fourth-order valence-corrected chi connectivity index (χ4v) is 2.21. The summed E-state index contributed by atoms with van der Waals surface area (Å²) in [5, 5.41) is 20.0. The van der Waals surface area contributed by atoms with Gasteiger partial charge in [0.15, 0.2) is 0 Å². The number of benzene rings is 2. The van der Waals surface area contributed by atoms with Gasteiger partial charge in [-0.05, 0) is 55.2 Å². The number of rotatable bonds is 1. The first-order valence-corrected chi connectivity index (χ1v) is 5.60. The van der Waals surface area contributed by atoms with Gasteiger partial charge in [0.05, 0.1) is 5.56 Å². The number of aryl methyl sites for hydroxylation is 3. The van der Waals surface area contributed by atoms with Gasteiger partial charge in [-0.25, -0.2) is 0 Å². The van der Waals surface area contributed by atoms with Crippen LogP contribution in [0.25, 0.3) is 11.1 Å². The number of phenols is 2. The summed E-state index contributed by atoms with van der Waals surface area (Å²) in [6.07, 6.45) is 0. The minimum absolute atomic E-state index is 0.125. The molecule has 0 aromatic heterocycles. The van der Waals surface area contributed by atoms with Gasteiger partial charge in [0.2, 0.25) is 0 Å². The Morgan fingerprint density at radius 3 is 1.71 bits per heavy atom. The molecule has 0 aliphatic rings. The zero-order chi connectivity index (χ0) is 12.6. The molecule has 0 heterocycles. The van der Waals surface area contributed by atoms with E-state index < -0.39 is 0 Å². The highest BCUT2D eigenvalue weighted by Crippen LogP contribution is 2.41. The van der Waals surface area contributed by atoms with Crippen LogP contribution in [-0.4, -0.2) is 10.2 Å². The maximum Gasteiger partial charge on any atom is 0.127 e. The standard InChI is InChI=1S/C15H16O2/c1-9-7-12(16)15(13(17)8-9)14-10(2)5-4-6-11(14)3/h4-8,16-17H,1-3H3. The summed E-state index contributed by atoms with van der Waals surface area (Å²) >= 11 is 0. The summed E-state index contributed by atoms with van der Waals surface area (Å²) in [4.78, 5) is 0. The number of hydrogen-bond donors (Lipinski definition) is 2. The minimum atomic E-state index is 0.125. The summed E-state index contributed by atoms with van der Waals surface area (Å²) in [5.74, 6) is 0.250. The van der Waals surface area contributed by atoms with E-state index in [1.807, 2.05) is 39.0 Å². The van der Waals surface area contributed by atoms with Crippen molar-refractivity contribution in [1.29, 1.82) is 0 Å². The van der Waals surface area contributed by atoms with Gasteiger partial charge >= 0.3 is 0 Å². The molecule has 88 valence electrons. The first-order valence-electron chi connectivity index (χ1n) is 5.60. The van der Waals surface area contributed by atoms with Crippen LogP contribution in [0.15, 0.2) is 30.3 Å². The fourth-order valence-electron chi connectivity index (χ4n) is 2.21. The quantitative estimate of drug-likeness (QED) is 0.781. The molecule has 0 bridgehead atoms. The minimum Gasteiger partial charge on any atom is -0.507 e. The van der Waals surface area contributed by atoms with Crippen LogP contribution in [-0.2, 0) is 0 Å². The van der Waals surface area contributed by atoms with E-state index >= 15 is 0 Å². The van der Waals surface area contributed by atoms with Crippen LogP contribution in [0.3, 0.4) is 0 Å². The monoisotopic (exact) mass is 228 g/mol. The van der Waals surface area contributed by atoms with Gasteiger partial charge in [-0.2, -0.15) is 0 Å². The van der Waals surface area contributed by atoms with Gasteiger partial charge in [-0.1, -0.05) is 18.2 Å². The van der Waals surface area contributed by atoms with Crippen LogP contribution in [0.5, 0.6) is 11.5 Å². The summed E-state index contributed by atoms with van der Waals surface area (Å²) in [6.45, 7) is 5.79. The highest BCUT2D eigenvalue weighted by Gasteiger charge is 2.14. The van der Waals surface area contributed by atoms with Crippen LogP contribution < -0.4 is 0 Å². The summed E-state index contributed by atoms with van der Waals surface area (Å²) in [5.41, 5.74) is 4.35. The molecule has 2 rings (SSSR count). The molecular weight excluding hydrogens is 212 g/mol. The largest absolute Gasteiger partial charge is 0.507 e. The molecule has 2 heteroatoms. The van der Waals surface area contributed by atoms with Crippen molar-refractivity contribution < 1.29 is 10.2 Å². The lowest BCUT2D eigenvalue weighted by Gasteiger charge is -2.13. The number of aromatic hydroxyl groups is 2. The van der Waals surface area contributed by atoms with Crippen molar-refractivity contribution in [3.63, 3.8) is 0 Å². The van der Waals surface area contributed by atoms with Gasteiger partial charge < -0.3 is 10.2 Å². The second kappa shape index (κ2) is 4.13. The molecule has 0 saturated heterocycles. The Labute approximate surface area is 101 Å². The van der Waals surface area contributed by atoms with Gasteiger partial charge in [0, 0.05) is 0 Å². The molecule has 0 amide bonds. The van der Waals surface area contributed by atoms with E-state index in [2.05, 4.69) is 0 Å². The number of hydrogen-bond acceptors (Lipinski definition) is 2. The second-order valence-corrected chi connectivity index (χ2v) is 4.44. The molecule has 2 aromatic carbocycles. The Bertz CT molecular complexity index is 528. The van der Waals surface area contributed by atoms with Crippen molar-refractivity contribution >= 4 is 0 Å². The fraction of sp³-hybridized carbons (Fsp3) is 0.200. The molecule has 0 saturated carbocycles. The lowest BCUT2D eigenvalue weighted by atomic mass is 9.93. The van der Waals surface area contributed by atoms with E-state index in [9.17, 15) is 10.2 Å². The first-order chi connectivity index (χ1) is 8.00. The molecule has 0 radical (unpaired) electrons. The molecule has 2 N–H and O–H groups in total. The van der Waals surface area contributed by atoms with Crippen molar-refractivity contribution in [2.75, 3.05) is 0 Å². The van der Waals surface area contributed by atoms with Gasteiger partial charge in [0.1, 0.15) is 11.5 Å². The SMILES string of the molecule is Cc1cc(O)c(-c2c(C)cccc2C)c(O)c1. The van der Waals surface area contributed by atoms with E-state index in [1.165, 1.54) is 0 Å². The van der Waals surface area contributed by atoms with E-state index in [1.54, 1.807) is 12.1 Å². The molecule has 0 atom stereocenters. The summed E-state index contributed by atoms with van der Waals surface area (Å²) < 4.78 is 0. The lowest BCUT2D eigenvalue weighted by molar-refractivity contribution is 0.453. The Balaban J connectivity index is 2.77. The normalized spacial score (nSPS) is 10.5. The average Bonchev–Trinajstić information content (AvgIpc) is 2.21. The molecule has 0 unspecified atom stereocenters. The van der Waals surface area contributed by atoms with Crippen molar-refractivity contribution in [2.45, 2.75) is 20.8 Å². The Morgan fingerprint density at radius 2 is 1.24 bits per heavy atom. The highest BCUT2D eigenvalue weighted by molar-refractivity contribution is 5.81. The summed E-state index contributed by atoms with van der Waals surface area (Å²) in [6, 6.07) is 9.25. The van der Waals surface area contributed by atoms with E-state index in [0.29, 0.717) is 5.56 Å². The van der Waals surface area contributed by atoms with Crippen molar-refractivity contribution in [1.82, 2.24) is 0 Å². The van der Waals surface area contributed by atoms with Gasteiger partial charge in [-0.15, -0.1) is 0 Å². The van der Waals surface area contributed by atoms with Gasteiger partial charge in [-0.3, -0.25) is 0 Å². The lowest BCUT2D eigenvalue weighted by Crippen LogP contribution is -1.90. The molecule has 2 aromatic rings. The van der Waals surface area contributed by atoms with Crippen molar-refractivity contribution in [2.24, 2.45) is 0 Å². The smallest absolute Gasteiger partial charge is 0.127 e. The third-order valence-corrected chi connectivity index (χ3v) is 2.97. The van der Waals surface area contributed by atoms with Crippen LogP contribution in [0, 0.1) is 20.8 Å². The van der Waals surface area contributed by atoms with E-state index in [-0.39, 0.29) is 11.5 Å².